The Hall–Kier alpha value is -3.12. The molecule has 1 saturated heterocycles. The number of hydrogen-bond acceptors (Lipinski definition) is 5. The lowest BCUT2D eigenvalue weighted by Crippen LogP contribution is -2.58. The molecule has 0 spiro atoms. The minimum Gasteiger partial charge on any atom is -0.444 e. The molecule has 1 aromatic rings. The van der Waals surface area contributed by atoms with Gasteiger partial charge in [-0.2, -0.15) is 0 Å². The van der Waals surface area contributed by atoms with Crippen LogP contribution < -0.4 is 10.6 Å². The summed E-state index contributed by atoms with van der Waals surface area (Å²) in [4.78, 5) is 40.0. The van der Waals surface area contributed by atoms with E-state index < -0.39 is 52.9 Å². The molecule has 9 heteroatoms. The highest BCUT2D eigenvalue weighted by atomic mass is 19.1. The first-order chi connectivity index (χ1) is 15.6. The van der Waals surface area contributed by atoms with Gasteiger partial charge in [-0.25, -0.2) is 9.18 Å². The Balaban J connectivity index is 2.16. The van der Waals surface area contributed by atoms with E-state index in [1.54, 1.807) is 47.6 Å². The number of terminal acetylenes is 1. The number of β-amino-alcohol motifs (C(OH)–C–C–N with tert-alkyl or cyclic N) is 1. The first-order valence-electron chi connectivity index (χ1n) is 11.1. The number of aliphatic hydroxyl groups is 1. The Bertz CT molecular complexity index is 974. The third kappa shape index (κ3) is 7.19. The smallest absolute Gasteiger partial charge is 0.408 e. The van der Waals surface area contributed by atoms with Crippen LogP contribution in [0.1, 0.15) is 59.1 Å². The molecule has 0 saturated carbocycles. The molecule has 2 rings (SSSR count). The Morgan fingerprint density at radius 1 is 1.26 bits per heavy atom. The van der Waals surface area contributed by atoms with Crippen LogP contribution in [0.4, 0.5) is 9.18 Å². The van der Waals surface area contributed by atoms with Crippen molar-refractivity contribution in [3.05, 3.63) is 35.1 Å². The maximum atomic E-state index is 14.2. The highest BCUT2D eigenvalue weighted by Crippen LogP contribution is 2.26. The van der Waals surface area contributed by atoms with Gasteiger partial charge >= 0.3 is 6.09 Å². The van der Waals surface area contributed by atoms with E-state index in [2.05, 4.69) is 16.6 Å². The Kier molecular flexibility index (Phi) is 8.32. The molecule has 1 aromatic carbocycles. The number of nitrogens with one attached hydrogen (secondary N) is 2. The van der Waals surface area contributed by atoms with E-state index in [1.807, 2.05) is 0 Å². The molecule has 0 radical (unpaired) electrons. The van der Waals surface area contributed by atoms with E-state index in [4.69, 9.17) is 11.2 Å². The summed E-state index contributed by atoms with van der Waals surface area (Å²) in [5, 5.41) is 15.4. The average molecular weight is 476 g/mol. The molecular weight excluding hydrogens is 441 g/mol. The molecule has 3 amide bonds. The van der Waals surface area contributed by atoms with Crippen molar-refractivity contribution in [1.29, 1.82) is 0 Å². The van der Waals surface area contributed by atoms with Crippen molar-refractivity contribution >= 4 is 17.9 Å². The zero-order valence-corrected chi connectivity index (χ0v) is 20.6. The van der Waals surface area contributed by atoms with Crippen molar-refractivity contribution in [2.45, 2.75) is 78.3 Å². The van der Waals surface area contributed by atoms with Crippen LogP contribution in [0, 0.1) is 23.6 Å². The van der Waals surface area contributed by atoms with Crippen LogP contribution >= 0.6 is 0 Å². The van der Waals surface area contributed by atoms with Gasteiger partial charge in [-0.05, 0) is 38.3 Å². The molecule has 0 unspecified atom stereocenters. The highest BCUT2D eigenvalue weighted by molar-refractivity contribution is 5.92. The van der Waals surface area contributed by atoms with Crippen LogP contribution in [0.5, 0.6) is 0 Å². The molecule has 0 aliphatic carbocycles. The van der Waals surface area contributed by atoms with Crippen LogP contribution in [0.15, 0.2) is 18.2 Å². The van der Waals surface area contributed by atoms with E-state index in [1.165, 1.54) is 17.0 Å². The molecule has 3 atom stereocenters. The molecule has 0 aromatic heterocycles. The monoisotopic (exact) mass is 475 g/mol. The third-order valence-electron chi connectivity index (χ3n) is 5.31. The summed E-state index contributed by atoms with van der Waals surface area (Å²) < 4.78 is 19.5. The van der Waals surface area contributed by atoms with E-state index in [0.29, 0.717) is 5.56 Å². The van der Waals surface area contributed by atoms with E-state index in [0.717, 1.165) is 0 Å². The van der Waals surface area contributed by atoms with Crippen LogP contribution in [0.3, 0.4) is 0 Å². The lowest BCUT2D eigenvalue weighted by atomic mass is 9.85. The van der Waals surface area contributed by atoms with Crippen LogP contribution in [0.2, 0.25) is 0 Å². The van der Waals surface area contributed by atoms with Gasteiger partial charge in [-0.15, -0.1) is 6.42 Å². The molecule has 8 nitrogen and oxygen atoms in total. The molecule has 1 aliphatic heterocycles. The number of carbonyl (C=O) groups is 3. The Labute approximate surface area is 200 Å². The number of aliphatic hydroxyl groups excluding tert-OH is 1. The summed E-state index contributed by atoms with van der Waals surface area (Å²) in [5.74, 6) is 0.740. The van der Waals surface area contributed by atoms with Crippen molar-refractivity contribution in [1.82, 2.24) is 15.5 Å². The maximum absolute atomic E-state index is 14.2. The average Bonchev–Trinajstić information content (AvgIpc) is 3.10. The zero-order chi connectivity index (χ0) is 25.8. The number of amides is 3. The topological polar surface area (TPSA) is 108 Å². The molecule has 1 fully saturated rings. The van der Waals surface area contributed by atoms with Gasteiger partial charge < -0.3 is 25.4 Å². The molecule has 0 bridgehead atoms. The second-order valence-electron chi connectivity index (χ2n) is 10.5. The number of alkyl carbamates (subject to hydrolysis) is 1. The molecule has 3 N–H and O–H groups in total. The molecular formula is C25H34FN3O5. The van der Waals surface area contributed by atoms with Gasteiger partial charge in [0.05, 0.1) is 6.10 Å². The summed E-state index contributed by atoms with van der Waals surface area (Å²) in [7, 11) is 0. The van der Waals surface area contributed by atoms with E-state index in [-0.39, 0.29) is 25.1 Å². The number of likely N-dealkylation sites (tertiary alicyclic amines) is 1. The number of halogens is 1. The lowest BCUT2D eigenvalue weighted by Gasteiger charge is -2.35. The van der Waals surface area contributed by atoms with Crippen molar-refractivity contribution < 1.29 is 28.6 Å². The van der Waals surface area contributed by atoms with E-state index >= 15 is 0 Å². The molecule has 34 heavy (non-hydrogen) atoms. The van der Waals surface area contributed by atoms with Gasteiger partial charge in [0.15, 0.2) is 0 Å². The lowest BCUT2D eigenvalue weighted by molar-refractivity contribution is -0.142. The van der Waals surface area contributed by atoms with Gasteiger partial charge in [0.1, 0.15) is 23.5 Å². The fraction of sp³-hybridized carbons (Fsp3) is 0.560. The number of rotatable bonds is 5. The standard InChI is InChI=1S/C25H34FN3O5/c1-8-15-9-10-16(18(26)11-15)13-27-21(31)19-12-17(30)14-29(19)22(32)20(24(2,3)4)28-23(33)34-25(5,6)7/h1,9-11,17,19-20,30H,12-14H2,2-7H3,(H,27,31)(H,28,33)/t17-,19+,20-/m1/s1. The first-order valence-corrected chi connectivity index (χ1v) is 11.1. The number of hydrogen-bond donors (Lipinski definition) is 3. The van der Waals surface area contributed by atoms with Crippen LogP contribution in [-0.4, -0.2) is 58.2 Å². The van der Waals surface area contributed by atoms with Crippen LogP contribution in [-0.2, 0) is 20.9 Å². The number of nitrogens with zero attached hydrogens (tertiary/aromatic N) is 1. The highest BCUT2D eigenvalue weighted by Gasteiger charge is 2.44. The summed E-state index contributed by atoms with van der Waals surface area (Å²) in [6.07, 6.45) is 3.63. The minimum absolute atomic E-state index is 0.0272. The zero-order valence-electron chi connectivity index (χ0n) is 20.6. The Morgan fingerprint density at radius 3 is 2.44 bits per heavy atom. The summed E-state index contributed by atoms with van der Waals surface area (Å²) in [6.45, 7) is 10.3. The van der Waals surface area contributed by atoms with E-state index in [9.17, 15) is 23.9 Å². The number of carbonyl (C=O) groups excluding carboxylic acids is 3. The summed E-state index contributed by atoms with van der Waals surface area (Å²) in [6, 6.07) is 2.28. The fourth-order valence-electron chi connectivity index (χ4n) is 3.63. The fourth-order valence-corrected chi connectivity index (χ4v) is 3.63. The molecule has 186 valence electrons. The largest absolute Gasteiger partial charge is 0.444 e. The predicted octanol–water partition coefficient (Wildman–Crippen LogP) is 2.32. The molecule has 1 heterocycles. The van der Waals surface area contributed by atoms with Gasteiger partial charge in [-0.3, -0.25) is 9.59 Å². The second-order valence-corrected chi connectivity index (χ2v) is 10.5. The maximum Gasteiger partial charge on any atom is 0.408 e. The quantitative estimate of drug-likeness (QED) is 0.567. The van der Waals surface area contributed by atoms with Gasteiger partial charge in [0, 0.05) is 30.6 Å². The SMILES string of the molecule is C#Cc1ccc(CNC(=O)[C@@H]2C[C@@H](O)CN2C(=O)[C@@H](NC(=O)OC(C)(C)C)C(C)(C)C)c(F)c1. The number of ether oxygens (including phenoxy) is 1. The van der Waals surface area contributed by atoms with Crippen molar-refractivity contribution in [2.24, 2.45) is 5.41 Å². The third-order valence-corrected chi connectivity index (χ3v) is 5.31. The summed E-state index contributed by atoms with van der Waals surface area (Å²) >= 11 is 0. The van der Waals surface area contributed by atoms with Gasteiger partial charge in [-0.1, -0.05) is 32.8 Å². The normalized spacial score (nSPS) is 19.2. The van der Waals surface area contributed by atoms with Crippen molar-refractivity contribution in [2.75, 3.05) is 6.54 Å². The number of benzene rings is 1. The van der Waals surface area contributed by atoms with Crippen LogP contribution in [0.25, 0.3) is 0 Å². The Morgan fingerprint density at radius 2 is 1.91 bits per heavy atom. The van der Waals surface area contributed by atoms with Crippen molar-refractivity contribution in [3.8, 4) is 12.3 Å². The first kappa shape index (κ1) is 27.1. The van der Waals surface area contributed by atoms with Crippen molar-refractivity contribution in [3.63, 3.8) is 0 Å². The predicted molar refractivity (Wildman–Crippen MR) is 125 cm³/mol. The minimum atomic E-state index is -1.00. The summed E-state index contributed by atoms with van der Waals surface area (Å²) in [5.41, 5.74) is -0.836. The van der Waals surface area contributed by atoms with Gasteiger partial charge in [0.25, 0.3) is 0 Å². The second kappa shape index (κ2) is 10.4. The van der Waals surface area contributed by atoms with Gasteiger partial charge in [0.2, 0.25) is 11.8 Å². The molecule has 1 aliphatic rings.